The molecule has 0 aromatic carbocycles. The van der Waals surface area contributed by atoms with Crippen molar-refractivity contribution < 1.29 is 14.3 Å². The summed E-state index contributed by atoms with van der Waals surface area (Å²) in [6.45, 7) is 9.71. The van der Waals surface area contributed by atoms with Gasteiger partial charge in [-0.25, -0.2) is 0 Å². The first kappa shape index (κ1) is 16.0. The average molecular weight is 307 g/mol. The fourth-order valence-electron chi connectivity index (χ4n) is 4.23. The van der Waals surface area contributed by atoms with E-state index in [1.807, 2.05) is 18.2 Å². The number of likely N-dealkylation sites (N-methyl/N-ethyl adjacent to an activating group) is 1. The lowest BCUT2D eigenvalue weighted by Gasteiger charge is -2.54. The van der Waals surface area contributed by atoms with Crippen molar-refractivity contribution in [3.63, 3.8) is 0 Å². The Bertz CT molecular complexity index is 453. The van der Waals surface area contributed by atoms with E-state index in [0.29, 0.717) is 18.6 Å². The van der Waals surface area contributed by atoms with Crippen molar-refractivity contribution in [3.8, 4) is 0 Å². The van der Waals surface area contributed by atoms with Gasteiger partial charge in [-0.2, -0.15) is 0 Å². The van der Waals surface area contributed by atoms with E-state index in [0.717, 1.165) is 44.4 Å². The molecule has 3 aliphatic heterocycles. The van der Waals surface area contributed by atoms with Crippen molar-refractivity contribution in [1.29, 1.82) is 0 Å². The molecule has 22 heavy (non-hydrogen) atoms. The van der Waals surface area contributed by atoms with Crippen molar-refractivity contribution in [2.75, 3.05) is 20.3 Å². The maximum atomic E-state index is 6.43. The summed E-state index contributed by atoms with van der Waals surface area (Å²) in [5.74, 6) is 0.400. The molecule has 3 heterocycles. The number of hydroxylamine groups is 2. The molecule has 0 amide bonds. The van der Waals surface area contributed by atoms with Gasteiger partial charge in [0, 0.05) is 25.8 Å². The largest absolute Gasteiger partial charge is 0.376 e. The van der Waals surface area contributed by atoms with Crippen LogP contribution in [0.4, 0.5) is 0 Å². The molecule has 0 aromatic heterocycles. The summed E-state index contributed by atoms with van der Waals surface area (Å²) in [4.78, 5) is 6.43. The van der Waals surface area contributed by atoms with Crippen LogP contribution in [0, 0.1) is 5.92 Å². The molecule has 2 spiro atoms. The maximum absolute atomic E-state index is 6.43. The topological polar surface area (TPSA) is 30.9 Å². The van der Waals surface area contributed by atoms with Crippen LogP contribution < -0.4 is 0 Å². The number of ether oxygens (including phenoxy) is 2. The molecule has 0 N–H and O–H groups in total. The van der Waals surface area contributed by atoms with Gasteiger partial charge in [0.15, 0.2) is 0 Å². The molecule has 3 rings (SSSR count). The highest BCUT2D eigenvalue weighted by atomic mass is 16.7. The lowest BCUT2D eigenvalue weighted by molar-refractivity contribution is -0.299. The van der Waals surface area contributed by atoms with Crippen LogP contribution in [0.3, 0.4) is 0 Å². The maximum Gasteiger partial charge on any atom is 0.108 e. The Hall–Kier alpha value is -0.840. The first-order valence-corrected chi connectivity index (χ1v) is 8.55. The third kappa shape index (κ3) is 2.72. The standard InChI is InChI=1S/C18H29NO3/c1-5-15-11-16(6-2)19(4)22-18(15)9-10-21-17(12-18)8-7-14(3)20-13-17/h6,11,14-15H,2,5,7-10,12-13H2,1,3-4H3. The van der Waals surface area contributed by atoms with E-state index in [9.17, 15) is 0 Å². The summed E-state index contributed by atoms with van der Waals surface area (Å²) in [5.41, 5.74) is 0.725. The minimum atomic E-state index is -0.168. The predicted molar refractivity (Wildman–Crippen MR) is 86.2 cm³/mol. The molecule has 0 radical (unpaired) electrons. The number of rotatable bonds is 2. The van der Waals surface area contributed by atoms with Crippen molar-refractivity contribution in [3.05, 3.63) is 24.4 Å². The third-order valence-corrected chi connectivity index (χ3v) is 5.57. The van der Waals surface area contributed by atoms with E-state index in [1.54, 1.807) is 0 Å². The van der Waals surface area contributed by atoms with Crippen molar-refractivity contribution >= 4 is 0 Å². The Balaban J connectivity index is 1.85. The van der Waals surface area contributed by atoms with E-state index in [2.05, 4.69) is 26.5 Å². The van der Waals surface area contributed by atoms with Gasteiger partial charge < -0.3 is 9.47 Å². The van der Waals surface area contributed by atoms with Crippen LogP contribution in [0.5, 0.6) is 0 Å². The average Bonchev–Trinajstić information content (AvgIpc) is 2.51. The van der Waals surface area contributed by atoms with Crippen molar-refractivity contribution in [2.45, 2.75) is 63.3 Å². The van der Waals surface area contributed by atoms with Crippen LogP contribution in [0.1, 0.15) is 46.0 Å². The Morgan fingerprint density at radius 1 is 1.45 bits per heavy atom. The van der Waals surface area contributed by atoms with Gasteiger partial charge in [-0.15, -0.1) is 0 Å². The monoisotopic (exact) mass is 307 g/mol. The quantitative estimate of drug-likeness (QED) is 0.782. The first-order chi connectivity index (χ1) is 10.5. The molecule has 4 unspecified atom stereocenters. The zero-order valence-electron chi connectivity index (χ0n) is 14.1. The fraction of sp³-hybridized carbons (Fsp3) is 0.778. The summed E-state index contributed by atoms with van der Waals surface area (Å²) in [7, 11) is 1.97. The fourth-order valence-corrected chi connectivity index (χ4v) is 4.23. The molecular formula is C18H29NO3. The van der Waals surface area contributed by atoms with Gasteiger partial charge in [0.25, 0.3) is 0 Å². The van der Waals surface area contributed by atoms with Crippen molar-refractivity contribution in [1.82, 2.24) is 5.06 Å². The van der Waals surface area contributed by atoms with Crippen LogP contribution in [0.2, 0.25) is 0 Å². The molecule has 2 saturated heterocycles. The molecule has 3 aliphatic rings. The SMILES string of the molecule is C=CC1=CC(CC)C2(CCOC3(CCC(C)OC3)C2)ON1C. The predicted octanol–water partition coefficient (Wildman–Crippen LogP) is 3.45. The second kappa shape index (κ2) is 5.99. The zero-order valence-corrected chi connectivity index (χ0v) is 14.1. The third-order valence-electron chi connectivity index (χ3n) is 5.57. The molecule has 0 aromatic rings. The molecule has 0 saturated carbocycles. The van der Waals surface area contributed by atoms with Gasteiger partial charge >= 0.3 is 0 Å². The number of allylic oxidation sites excluding steroid dienone is 1. The van der Waals surface area contributed by atoms with Crippen LogP contribution in [-0.4, -0.2) is 42.6 Å². The lowest BCUT2D eigenvalue weighted by atomic mass is 9.71. The van der Waals surface area contributed by atoms with Crippen LogP contribution >= 0.6 is 0 Å². The van der Waals surface area contributed by atoms with E-state index in [-0.39, 0.29) is 11.2 Å². The lowest BCUT2D eigenvalue weighted by Crippen LogP contribution is -2.59. The molecule has 0 aliphatic carbocycles. The van der Waals surface area contributed by atoms with Crippen LogP contribution in [0.15, 0.2) is 24.4 Å². The second-order valence-electron chi connectivity index (χ2n) is 7.08. The minimum absolute atomic E-state index is 0.168. The van der Waals surface area contributed by atoms with Crippen LogP contribution in [0.25, 0.3) is 0 Å². The van der Waals surface area contributed by atoms with E-state index >= 15 is 0 Å². The van der Waals surface area contributed by atoms with Crippen LogP contribution in [-0.2, 0) is 14.3 Å². The Morgan fingerprint density at radius 3 is 2.91 bits per heavy atom. The molecule has 2 fully saturated rings. The van der Waals surface area contributed by atoms with Gasteiger partial charge in [0.05, 0.1) is 30.6 Å². The molecule has 124 valence electrons. The van der Waals surface area contributed by atoms with E-state index in [1.165, 1.54) is 0 Å². The normalized spacial score (nSPS) is 42.5. The van der Waals surface area contributed by atoms with Gasteiger partial charge in [-0.1, -0.05) is 19.6 Å². The summed E-state index contributed by atoms with van der Waals surface area (Å²) in [6.07, 6.45) is 9.59. The highest BCUT2D eigenvalue weighted by Crippen LogP contribution is 2.48. The molecule has 4 nitrogen and oxygen atoms in total. The van der Waals surface area contributed by atoms with Gasteiger partial charge in [0.1, 0.15) is 5.60 Å². The zero-order chi connectivity index (χ0) is 15.8. The molecule has 4 atom stereocenters. The highest BCUT2D eigenvalue weighted by molar-refractivity contribution is 5.20. The summed E-state index contributed by atoms with van der Waals surface area (Å²) in [6, 6.07) is 0. The Labute approximate surface area is 134 Å². The Kier molecular flexibility index (Phi) is 4.36. The Morgan fingerprint density at radius 2 is 2.27 bits per heavy atom. The first-order valence-electron chi connectivity index (χ1n) is 8.55. The molecular weight excluding hydrogens is 278 g/mol. The summed E-state index contributed by atoms with van der Waals surface area (Å²) < 4.78 is 12.1. The number of hydrogen-bond acceptors (Lipinski definition) is 4. The van der Waals surface area contributed by atoms with E-state index < -0.39 is 0 Å². The molecule has 0 bridgehead atoms. The summed E-state index contributed by atoms with van der Waals surface area (Å²) in [5, 5.41) is 1.88. The van der Waals surface area contributed by atoms with Gasteiger partial charge in [-0.05, 0) is 32.3 Å². The van der Waals surface area contributed by atoms with Gasteiger partial charge in [0.2, 0.25) is 0 Å². The summed E-state index contributed by atoms with van der Waals surface area (Å²) >= 11 is 0. The minimum Gasteiger partial charge on any atom is -0.376 e. The number of hydrogen-bond donors (Lipinski definition) is 0. The molecule has 4 heteroatoms. The number of nitrogens with zero attached hydrogens (tertiary/aromatic N) is 1. The van der Waals surface area contributed by atoms with Gasteiger partial charge in [-0.3, -0.25) is 9.90 Å². The highest BCUT2D eigenvalue weighted by Gasteiger charge is 2.53. The van der Waals surface area contributed by atoms with E-state index in [4.69, 9.17) is 14.3 Å². The second-order valence-corrected chi connectivity index (χ2v) is 7.08. The smallest absolute Gasteiger partial charge is 0.108 e. The van der Waals surface area contributed by atoms with Crippen molar-refractivity contribution in [2.24, 2.45) is 5.92 Å².